The summed E-state index contributed by atoms with van der Waals surface area (Å²) in [5, 5.41) is 10.9. The number of rotatable bonds is 10. The van der Waals surface area contributed by atoms with Crippen LogP contribution in [0.2, 0.25) is 0 Å². The lowest BCUT2D eigenvalue weighted by atomic mass is 10.1. The highest BCUT2D eigenvalue weighted by molar-refractivity contribution is 6.21. The molecule has 2 saturated heterocycles. The molecule has 186 valence electrons. The number of nitrogens with one attached hydrogen (secondary N) is 1. The minimum Gasteiger partial charge on any atom is -0.494 e. The van der Waals surface area contributed by atoms with Crippen LogP contribution in [0.5, 0.6) is 5.75 Å². The second-order valence-electron chi connectivity index (χ2n) is 9.15. The van der Waals surface area contributed by atoms with Gasteiger partial charge in [0.2, 0.25) is 5.91 Å². The molecule has 0 spiro atoms. The SMILES string of the molecule is CCCCCCOc1ccc(N2C(=O)C[C@@H]([NH+]3CCN(c4ccc([N+](=O)[O-])cc4)CC3)C2=O)cc1. The first-order valence-electron chi connectivity index (χ1n) is 12.4. The summed E-state index contributed by atoms with van der Waals surface area (Å²) < 4.78 is 5.77. The zero-order chi connectivity index (χ0) is 24.8. The zero-order valence-corrected chi connectivity index (χ0v) is 20.2. The Morgan fingerprint density at radius 2 is 1.63 bits per heavy atom. The number of non-ortho nitro benzene ring substituents is 1. The van der Waals surface area contributed by atoms with E-state index in [1.54, 1.807) is 24.3 Å². The molecule has 2 fully saturated rings. The third kappa shape index (κ3) is 5.79. The van der Waals surface area contributed by atoms with Crippen molar-refractivity contribution >= 4 is 28.9 Å². The lowest BCUT2D eigenvalue weighted by Gasteiger charge is -2.35. The van der Waals surface area contributed by atoms with Crippen LogP contribution >= 0.6 is 0 Å². The zero-order valence-electron chi connectivity index (χ0n) is 20.2. The van der Waals surface area contributed by atoms with E-state index in [-0.39, 0.29) is 30.0 Å². The van der Waals surface area contributed by atoms with Gasteiger partial charge in [0, 0.05) is 17.8 Å². The van der Waals surface area contributed by atoms with E-state index in [2.05, 4.69) is 11.8 Å². The van der Waals surface area contributed by atoms with E-state index in [0.717, 1.165) is 55.4 Å². The molecule has 2 aliphatic rings. The molecule has 9 nitrogen and oxygen atoms in total. The Bertz CT molecular complexity index is 1030. The normalized spacial score (nSPS) is 18.8. The summed E-state index contributed by atoms with van der Waals surface area (Å²) in [5.74, 6) is 0.425. The summed E-state index contributed by atoms with van der Waals surface area (Å²) in [6.45, 7) is 5.72. The number of hydrogen-bond acceptors (Lipinski definition) is 6. The Hall–Kier alpha value is -3.46. The number of carbonyl (C=O) groups is 2. The minimum absolute atomic E-state index is 0.0692. The van der Waals surface area contributed by atoms with Gasteiger partial charge < -0.3 is 14.5 Å². The molecule has 35 heavy (non-hydrogen) atoms. The van der Waals surface area contributed by atoms with Gasteiger partial charge >= 0.3 is 0 Å². The highest BCUT2D eigenvalue weighted by Gasteiger charge is 2.46. The summed E-state index contributed by atoms with van der Waals surface area (Å²) in [4.78, 5) is 41.0. The van der Waals surface area contributed by atoms with Crippen molar-refractivity contribution < 1.29 is 24.1 Å². The van der Waals surface area contributed by atoms with Crippen molar-refractivity contribution in [2.24, 2.45) is 0 Å². The number of ether oxygens (including phenoxy) is 1. The van der Waals surface area contributed by atoms with Gasteiger partial charge in [0.15, 0.2) is 6.04 Å². The van der Waals surface area contributed by atoms with Gasteiger partial charge in [-0.25, -0.2) is 4.90 Å². The molecule has 0 bridgehead atoms. The Balaban J connectivity index is 1.31. The third-order valence-electron chi connectivity index (χ3n) is 6.83. The van der Waals surface area contributed by atoms with Crippen molar-refractivity contribution in [2.75, 3.05) is 42.6 Å². The minimum atomic E-state index is -0.407. The van der Waals surface area contributed by atoms with Crippen molar-refractivity contribution in [1.29, 1.82) is 0 Å². The summed E-state index contributed by atoms with van der Waals surface area (Å²) in [6.07, 6.45) is 4.76. The van der Waals surface area contributed by atoms with E-state index in [9.17, 15) is 19.7 Å². The lowest BCUT2D eigenvalue weighted by molar-refractivity contribution is -0.915. The van der Waals surface area contributed by atoms with Crippen LogP contribution in [0.15, 0.2) is 48.5 Å². The Labute approximate surface area is 205 Å². The highest BCUT2D eigenvalue weighted by Crippen LogP contribution is 2.25. The number of benzene rings is 2. The van der Waals surface area contributed by atoms with Crippen molar-refractivity contribution in [2.45, 2.75) is 45.1 Å². The summed E-state index contributed by atoms with van der Waals surface area (Å²) in [5.41, 5.74) is 1.59. The maximum absolute atomic E-state index is 13.2. The second kappa shape index (κ2) is 11.3. The number of piperazine rings is 1. The first kappa shape index (κ1) is 24.7. The maximum Gasteiger partial charge on any atom is 0.292 e. The Morgan fingerprint density at radius 1 is 0.971 bits per heavy atom. The molecule has 2 aromatic rings. The number of unbranched alkanes of at least 4 members (excludes halogenated alkanes) is 3. The number of imide groups is 1. The van der Waals surface area contributed by atoms with Crippen LogP contribution in [0.25, 0.3) is 0 Å². The highest BCUT2D eigenvalue weighted by atomic mass is 16.6. The maximum atomic E-state index is 13.2. The number of nitrogens with zero attached hydrogens (tertiary/aromatic N) is 3. The van der Waals surface area contributed by atoms with Crippen LogP contribution in [-0.2, 0) is 9.59 Å². The molecule has 0 radical (unpaired) electrons. The molecule has 2 aromatic carbocycles. The standard InChI is InChI=1S/C26H32N4O5/c1-2-3-4-5-18-35-23-12-10-21(11-13-23)29-25(31)19-24(26(29)32)28-16-14-27(15-17-28)20-6-8-22(9-7-20)30(33)34/h6-13,24H,2-5,14-19H2,1H3/p+1/t24-/m1/s1. The topological polar surface area (TPSA) is 97.4 Å². The Kier molecular flexibility index (Phi) is 7.97. The molecule has 0 unspecified atom stereocenters. The number of quaternary nitrogens is 1. The molecule has 0 aliphatic carbocycles. The molecular formula is C26H33N4O5+. The molecule has 4 rings (SSSR count). The molecule has 1 N–H and O–H groups in total. The molecule has 0 saturated carbocycles. The van der Waals surface area contributed by atoms with Gasteiger partial charge in [-0.05, 0) is 42.8 Å². The smallest absolute Gasteiger partial charge is 0.292 e. The predicted octanol–water partition coefficient (Wildman–Crippen LogP) is 2.59. The van der Waals surface area contributed by atoms with Crippen LogP contribution in [-0.4, -0.2) is 55.6 Å². The average Bonchev–Trinajstić information content (AvgIpc) is 3.18. The van der Waals surface area contributed by atoms with E-state index in [4.69, 9.17) is 4.74 Å². The second-order valence-corrected chi connectivity index (χ2v) is 9.15. The summed E-state index contributed by atoms with van der Waals surface area (Å²) >= 11 is 0. The lowest BCUT2D eigenvalue weighted by Crippen LogP contribution is -3.19. The largest absolute Gasteiger partial charge is 0.494 e. The van der Waals surface area contributed by atoms with Crippen LogP contribution in [0, 0.1) is 10.1 Å². The first-order chi connectivity index (χ1) is 17.0. The van der Waals surface area contributed by atoms with E-state index in [1.807, 2.05) is 12.1 Å². The monoisotopic (exact) mass is 481 g/mol. The molecule has 9 heteroatoms. The number of nitro groups is 1. The van der Waals surface area contributed by atoms with Gasteiger partial charge in [-0.2, -0.15) is 0 Å². The van der Waals surface area contributed by atoms with Crippen molar-refractivity contribution in [3.05, 3.63) is 58.6 Å². The third-order valence-corrected chi connectivity index (χ3v) is 6.83. The predicted molar refractivity (Wildman–Crippen MR) is 133 cm³/mol. The van der Waals surface area contributed by atoms with Crippen molar-refractivity contribution in [1.82, 2.24) is 0 Å². The number of anilines is 2. The fourth-order valence-electron chi connectivity index (χ4n) is 4.82. The number of hydrogen-bond donors (Lipinski definition) is 1. The van der Waals surface area contributed by atoms with E-state index < -0.39 is 4.92 Å². The van der Waals surface area contributed by atoms with Crippen LogP contribution in [0.4, 0.5) is 17.1 Å². The fourth-order valence-corrected chi connectivity index (χ4v) is 4.82. The fraction of sp³-hybridized carbons (Fsp3) is 0.462. The van der Waals surface area contributed by atoms with Crippen molar-refractivity contribution in [3.63, 3.8) is 0 Å². The Morgan fingerprint density at radius 3 is 2.26 bits per heavy atom. The molecule has 0 aromatic heterocycles. The first-order valence-corrected chi connectivity index (χ1v) is 12.4. The van der Waals surface area contributed by atoms with Gasteiger partial charge in [-0.3, -0.25) is 19.7 Å². The molecule has 1 atom stereocenters. The van der Waals surface area contributed by atoms with Crippen LogP contribution in [0.3, 0.4) is 0 Å². The van der Waals surface area contributed by atoms with Gasteiger partial charge in [0.25, 0.3) is 11.6 Å². The van der Waals surface area contributed by atoms with E-state index in [1.165, 1.54) is 29.9 Å². The number of nitro benzene ring substituents is 1. The van der Waals surface area contributed by atoms with Crippen LogP contribution < -0.4 is 19.4 Å². The quantitative estimate of drug-likeness (QED) is 0.243. The van der Waals surface area contributed by atoms with Gasteiger partial charge in [0.05, 0.1) is 49.8 Å². The van der Waals surface area contributed by atoms with Gasteiger partial charge in [0.1, 0.15) is 5.75 Å². The molecule has 2 amide bonds. The van der Waals surface area contributed by atoms with Crippen LogP contribution in [0.1, 0.15) is 39.0 Å². The number of amides is 2. The molecule has 2 heterocycles. The van der Waals surface area contributed by atoms with Crippen molar-refractivity contribution in [3.8, 4) is 5.75 Å². The van der Waals surface area contributed by atoms with Gasteiger partial charge in [-0.1, -0.05) is 26.2 Å². The molecular weight excluding hydrogens is 448 g/mol. The average molecular weight is 482 g/mol. The molecule has 2 aliphatic heterocycles. The van der Waals surface area contributed by atoms with Gasteiger partial charge in [-0.15, -0.1) is 0 Å². The summed E-state index contributed by atoms with van der Waals surface area (Å²) in [7, 11) is 0. The van der Waals surface area contributed by atoms with E-state index in [0.29, 0.717) is 12.3 Å². The number of carbonyl (C=O) groups excluding carboxylic acids is 2. The summed E-state index contributed by atoms with van der Waals surface area (Å²) in [6, 6.07) is 13.3. The van der Waals surface area contributed by atoms with E-state index >= 15 is 0 Å².